The minimum Gasteiger partial charge on any atom is -0.464 e. The lowest BCUT2D eigenvalue weighted by Crippen LogP contribution is -2.44. The molecule has 0 aromatic heterocycles. The van der Waals surface area contributed by atoms with Crippen molar-refractivity contribution in [2.24, 2.45) is 17.6 Å². The minimum absolute atomic E-state index is 0.0223. The normalized spacial score (nSPS) is 18.8. The molecule has 0 saturated carbocycles. The number of esters is 1. The van der Waals surface area contributed by atoms with E-state index in [0.717, 1.165) is 36.8 Å². The lowest BCUT2D eigenvalue weighted by Gasteiger charge is -2.37. The number of rotatable bonds is 11. The molecule has 4 rings (SSSR count). The summed E-state index contributed by atoms with van der Waals surface area (Å²) >= 11 is 12.3. The molecule has 2 heterocycles. The molecule has 0 radical (unpaired) electrons. The van der Waals surface area contributed by atoms with Gasteiger partial charge in [-0.05, 0) is 110 Å². The Bertz CT molecular complexity index is 1540. The molecule has 3 amide bonds. The number of piperidine rings is 2. The summed E-state index contributed by atoms with van der Waals surface area (Å²) in [5.74, 6) is -0.894. The van der Waals surface area contributed by atoms with Crippen molar-refractivity contribution in [1.29, 1.82) is 0 Å². The SMILES string of the molecule is CC(C)(C)OC(=O)N1CCC[C@@H]([C@@H](OCC(N)=O)c2cccc(Cl)c2)C1.CCOC(=O)CO[C@@H](c1cccc(Cl)c1)[C@@H]1CCCN(C(=O)OC(C)(C)C)C1. The van der Waals surface area contributed by atoms with Gasteiger partial charge in [-0.2, -0.15) is 0 Å². The topological polar surface area (TPSA) is 147 Å². The summed E-state index contributed by atoms with van der Waals surface area (Å²) < 4.78 is 27.7. The summed E-state index contributed by atoms with van der Waals surface area (Å²) in [5, 5.41) is 1.19. The zero-order valence-corrected chi connectivity index (χ0v) is 34.1. The second-order valence-corrected chi connectivity index (χ2v) is 16.4. The van der Waals surface area contributed by atoms with E-state index in [1.54, 1.807) is 28.9 Å². The first-order chi connectivity index (χ1) is 25.3. The Kier molecular flexibility index (Phi) is 17.4. The second kappa shape index (κ2) is 20.9. The molecule has 2 aromatic carbocycles. The van der Waals surface area contributed by atoms with E-state index in [2.05, 4.69) is 0 Å². The first-order valence-corrected chi connectivity index (χ1v) is 19.2. The number of nitrogens with two attached hydrogens (primary N) is 1. The van der Waals surface area contributed by atoms with Gasteiger partial charge in [0, 0.05) is 48.1 Å². The number of nitrogens with zero attached hydrogens (tertiary/aromatic N) is 2. The van der Waals surface area contributed by atoms with Crippen LogP contribution in [0.4, 0.5) is 9.59 Å². The third kappa shape index (κ3) is 15.6. The number of likely N-dealkylation sites (tertiary alicyclic amines) is 2. The molecule has 2 aliphatic rings. The molecular formula is C40H57Cl2N3O9. The second-order valence-electron chi connectivity index (χ2n) is 15.5. The van der Waals surface area contributed by atoms with Gasteiger partial charge in [0.1, 0.15) is 24.4 Å². The molecule has 0 spiro atoms. The van der Waals surface area contributed by atoms with E-state index >= 15 is 0 Å². The Hall–Kier alpha value is -3.58. The van der Waals surface area contributed by atoms with Crippen molar-refractivity contribution in [2.45, 2.75) is 97.6 Å². The molecule has 4 atom stereocenters. The maximum atomic E-state index is 12.5. The van der Waals surface area contributed by atoms with Crippen LogP contribution in [0.3, 0.4) is 0 Å². The molecule has 0 unspecified atom stereocenters. The zero-order chi connectivity index (χ0) is 40.1. The molecular weight excluding hydrogens is 737 g/mol. The average Bonchev–Trinajstić information content (AvgIpc) is 3.08. The molecule has 2 aliphatic heterocycles. The molecule has 2 saturated heterocycles. The lowest BCUT2D eigenvalue weighted by molar-refractivity contribution is -0.152. The van der Waals surface area contributed by atoms with Crippen LogP contribution in [0, 0.1) is 11.8 Å². The van der Waals surface area contributed by atoms with E-state index in [1.807, 2.05) is 77.9 Å². The minimum atomic E-state index is -0.545. The van der Waals surface area contributed by atoms with E-state index in [4.69, 9.17) is 52.6 Å². The summed E-state index contributed by atoms with van der Waals surface area (Å²) in [5.41, 5.74) is 5.91. The van der Waals surface area contributed by atoms with Crippen molar-refractivity contribution in [3.8, 4) is 0 Å². The highest BCUT2D eigenvalue weighted by atomic mass is 35.5. The van der Waals surface area contributed by atoms with Gasteiger partial charge in [-0.25, -0.2) is 14.4 Å². The van der Waals surface area contributed by atoms with E-state index in [1.165, 1.54) is 0 Å². The Labute approximate surface area is 329 Å². The predicted octanol–water partition coefficient (Wildman–Crippen LogP) is 8.14. The van der Waals surface area contributed by atoms with E-state index in [0.29, 0.717) is 42.8 Å². The summed E-state index contributed by atoms with van der Waals surface area (Å²) in [7, 11) is 0. The number of carbonyl (C=O) groups excluding carboxylic acids is 4. The molecule has 12 nitrogen and oxygen atoms in total. The number of benzene rings is 2. The molecule has 0 aliphatic carbocycles. The first-order valence-electron chi connectivity index (χ1n) is 18.5. The van der Waals surface area contributed by atoms with Gasteiger partial charge in [-0.3, -0.25) is 4.79 Å². The van der Waals surface area contributed by atoms with Crippen LogP contribution in [0.2, 0.25) is 10.0 Å². The summed E-state index contributed by atoms with van der Waals surface area (Å²) in [6, 6.07) is 14.8. The molecule has 2 fully saturated rings. The fourth-order valence-corrected chi connectivity index (χ4v) is 6.80. The average molecular weight is 795 g/mol. The molecule has 0 bridgehead atoms. The molecule has 14 heteroatoms. The van der Waals surface area contributed by atoms with Crippen molar-refractivity contribution in [3.63, 3.8) is 0 Å². The Morgan fingerprint density at radius 1 is 0.741 bits per heavy atom. The van der Waals surface area contributed by atoms with Crippen LogP contribution in [0.5, 0.6) is 0 Å². The third-order valence-electron chi connectivity index (χ3n) is 8.52. The monoisotopic (exact) mass is 793 g/mol. The Morgan fingerprint density at radius 3 is 1.54 bits per heavy atom. The molecule has 54 heavy (non-hydrogen) atoms. The fraction of sp³-hybridized carbons (Fsp3) is 0.600. The number of hydrogen-bond acceptors (Lipinski definition) is 9. The van der Waals surface area contributed by atoms with Gasteiger partial charge in [0.15, 0.2) is 0 Å². The number of carbonyl (C=O) groups is 4. The van der Waals surface area contributed by atoms with Gasteiger partial charge in [-0.1, -0.05) is 47.5 Å². The van der Waals surface area contributed by atoms with E-state index in [9.17, 15) is 19.2 Å². The van der Waals surface area contributed by atoms with Crippen LogP contribution in [0.15, 0.2) is 48.5 Å². The van der Waals surface area contributed by atoms with Gasteiger partial charge in [0.05, 0.1) is 18.8 Å². The van der Waals surface area contributed by atoms with Crippen LogP contribution in [-0.4, -0.2) is 91.1 Å². The Morgan fingerprint density at radius 2 is 1.17 bits per heavy atom. The summed E-state index contributed by atoms with van der Waals surface area (Å²) in [4.78, 5) is 51.3. The van der Waals surface area contributed by atoms with Crippen LogP contribution in [0.1, 0.15) is 97.5 Å². The van der Waals surface area contributed by atoms with Crippen LogP contribution >= 0.6 is 23.2 Å². The molecule has 2 N–H and O–H groups in total. The van der Waals surface area contributed by atoms with Crippen molar-refractivity contribution < 1.29 is 42.9 Å². The van der Waals surface area contributed by atoms with Crippen molar-refractivity contribution in [1.82, 2.24) is 9.80 Å². The zero-order valence-electron chi connectivity index (χ0n) is 32.6. The van der Waals surface area contributed by atoms with Crippen molar-refractivity contribution in [2.75, 3.05) is 46.0 Å². The summed E-state index contributed by atoms with van der Waals surface area (Å²) in [6.45, 7) is 15.1. The highest BCUT2D eigenvalue weighted by molar-refractivity contribution is 6.30. The fourth-order valence-electron chi connectivity index (χ4n) is 6.41. The smallest absolute Gasteiger partial charge is 0.410 e. The number of primary amides is 1. The number of hydrogen-bond donors (Lipinski definition) is 1. The summed E-state index contributed by atoms with van der Waals surface area (Å²) in [6.07, 6.45) is 2.02. The maximum absolute atomic E-state index is 12.5. The molecule has 2 aromatic rings. The van der Waals surface area contributed by atoms with Gasteiger partial charge in [0.2, 0.25) is 5.91 Å². The van der Waals surface area contributed by atoms with Crippen LogP contribution in [-0.2, 0) is 33.3 Å². The number of halogens is 2. The van der Waals surface area contributed by atoms with Crippen molar-refractivity contribution in [3.05, 3.63) is 69.7 Å². The standard InChI is InChI=1S/C21H30ClNO5.C19H27ClN2O4/c1-5-26-18(24)14-27-19(15-8-6-10-17(22)12-15)16-9-7-11-23(13-16)20(25)28-21(2,3)4;1-19(2,3)26-18(24)22-9-5-7-14(11-22)17(25-12-16(21)23)13-6-4-8-15(20)10-13/h6,8,10,12,16,19H,5,7,9,11,13-14H2,1-4H3;4,6,8,10,14,17H,5,7,9,11-12H2,1-3H3,(H2,21,23)/t16-,19+;14-,17+/m11/s1. The van der Waals surface area contributed by atoms with Crippen molar-refractivity contribution >= 4 is 47.3 Å². The largest absolute Gasteiger partial charge is 0.464 e. The quantitative estimate of drug-likeness (QED) is 0.176. The van der Waals surface area contributed by atoms with Gasteiger partial charge >= 0.3 is 18.2 Å². The highest BCUT2D eigenvalue weighted by Gasteiger charge is 2.35. The highest BCUT2D eigenvalue weighted by Crippen LogP contribution is 2.36. The van der Waals surface area contributed by atoms with Gasteiger partial charge in [0.25, 0.3) is 0 Å². The van der Waals surface area contributed by atoms with E-state index < -0.39 is 23.1 Å². The number of amides is 3. The van der Waals surface area contributed by atoms with Gasteiger partial charge in [-0.15, -0.1) is 0 Å². The van der Waals surface area contributed by atoms with Gasteiger partial charge < -0.3 is 39.2 Å². The van der Waals surface area contributed by atoms with Crippen LogP contribution in [0.25, 0.3) is 0 Å². The van der Waals surface area contributed by atoms with E-state index in [-0.39, 0.29) is 49.4 Å². The first kappa shape index (κ1) is 44.8. The molecule has 300 valence electrons. The Balaban J connectivity index is 0.000000291. The third-order valence-corrected chi connectivity index (χ3v) is 8.99. The maximum Gasteiger partial charge on any atom is 0.410 e. The van der Waals surface area contributed by atoms with Crippen LogP contribution < -0.4 is 5.73 Å². The number of ether oxygens (including phenoxy) is 5. The lowest BCUT2D eigenvalue weighted by atomic mass is 9.88. The predicted molar refractivity (Wildman–Crippen MR) is 207 cm³/mol.